The van der Waals surface area contributed by atoms with Gasteiger partial charge in [0.25, 0.3) is 0 Å². The first kappa shape index (κ1) is 12.9. The second-order valence-electron chi connectivity index (χ2n) is 5.72. The average molecular weight is 220 g/mol. The average Bonchev–Trinajstić information content (AvgIpc) is 2.14. The van der Waals surface area contributed by atoms with Gasteiger partial charge < -0.3 is 11.1 Å². The molecule has 0 heterocycles. The number of aryl methyl sites for hydroxylation is 1. The molecule has 1 atom stereocenters. The first-order valence-electron chi connectivity index (χ1n) is 5.90. The van der Waals surface area contributed by atoms with Gasteiger partial charge in [-0.3, -0.25) is 0 Å². The molecule has 3 N–H and O–H groups in total. The molecule has 0 aliphatic rings. The second-order valence-corrected chi connectivity index (χ2v) is 5.72. The van der Waals surface area contributed by atoms with E-state index in [1.54, 1.807) is 0 Å². The monoisotopic (exact) mass is 220 g/mol. The van der Waals surface area contributed by atoms with Crippen LogP contribution in [0.25, 0.3) is 0 Å². The van der Waals surface area contributed by atoms with Gasteiger partial charge >= 0.3 is 0 Å². The van der Waals surface area contributed by atoms with Gasteiger partial charge in [-0.2, -0.15) is 0 Å². The lowest BCUT2D eigenvalue weighted by Gasteiger charge is -2.28. The minimum atomic E-state index is 0.342. The summed E-state index contributed by atoms with van der Waals surface area (Å²) in [4.78, 5) is 0. The summed E-state index contributed by atoms with van der Waals surface area (Å²) in [7, 11) is 0. The van der Waals surface area contributed by atoms with Crippen LogP contribution < -0.4 is 11.1 Å². The smallest absolute Gasteiger partial charge is 0.0371 e. The zero-order valence-corrected chi connectivity index (χ0v) is 11.1. The molecule has 0 aliphatic heterocycles. The van der Waals surface area contributed by atoms with Gasteiger partial charge in [0.05, 0.1) is 0 Å². The van der Waals surface area contributed by atoms with Gasteiger partial charge in [0.1, 0.15) is 0 Å². The molecular weight excluding hydrogens is 196 g/mol. The molecule has 0 radical (unpaired) electrons. The largest absolute Gasteiger partial charge is 0.399 e. The molecule has 16 heavy (non-hydrogen) atoms. The van der Waals surface area contributed by atoms with Crippen molar-refractivity contribution in [2.24, 2.45) is 11.3 Å². The van der Waals surface area contributed by atoms with Crippen molar-refractivity contribution < 1.29 is 0 Å². The Bertz CT molecular complexity index is 350. The molecule has 0 saturated heterocycles. The number of hydrogen-bond donors (Lipinski definition) is 2. The van der Waals surface area contributed by atoms with Crippen molar-refractivity contribution in [1.29, 1.82) is 0 Å². The highest BCUT2D eigenvalue weighted by molar-refractivity contribution is 5.57. The minimum absolute atomic E-state index is 0.342. The SMILES string of the molecule is Cc1cc(N)ccc1NCC(C)C(C)(C)C. The third-order valence-electron chi connectivity index (χ3n) is 3.33. The van der Waals surface area contributed by atoms with Crippen LogP contribution >= 0.6 is 0 Å². The van der Waals surface area contributed by atoms with E-state index in [4.69, 9.17) is 5.73 Å². The Morgan fingerprint density at radius 1 is 1.31 bits per heavy atom. The van der Waals surface area contributed by atoms with Crippen LogP contribution in [0.1, 0.15) is 33.3 Å². The highest BCUT2D eigenvalue weighted by Gasteiger charge is 2.19. The standard InChI is InChI=1S/C14H24N2/c1-10-8-12(15)6-7-13(10)16-9-11(2)14(3,4)5/h6-8,11,16H,9,15H2,1-5H3. The molecule has 0 bridgehead atoms. The van der Waals surface area contributed by atoms with Gasteiger partial charge in [-0.25, -0.2) is 0 Å². The fraction of sp³-hybridized carbons (Fsp3) is 0.571. The molecule has 0 spiro atoms. The lowest BCUT2D eigenvalue weighted by molar-refractivity contribution is 0.274. The lowest BCUT2D eigenvalue weighted by atomic mass is 9.82. The van der Waals surface area contributed by atoms with Crippen LogP contribution in [0.15, 0.2) is 18.2 Å². The van der Waals surface area contributed by atoms with Gasteiger partial charge in [0.15, 0.2) is 0 Å². The molecule has 1 aromatic carbocycles. The molecular formula is C14H24N2. The van der Waals surface area contributed by atoms with Crippen LogP contribution in [-0.4, -0.2) is 6.54 Å². The van der Waals surface area contributed by atoms with Gasteiger partial charge in [-0.1, -0.05) is 27.7 Å². The highest BCUT2D eigenvalue weighted by Crippen LogP contribution is 2.26. The Morgan fingerprint density at radius 3 is 2.44 bits per heavy atom. The van der Waals surface area contributed by atoms with Gasteiger partial charge in [-0.15, -0.1) is 0 Å². The molecule has 1 rings (SSSR count). The molecule has 0 aromatic heterocycles. The van der Waals surface area contributed by atoms with E-state index >= 15 is 0 Å². The third-order valence-corrected chi connectivity index (χ3v) is 3.33. The van der Waals surface area contributed by atoms with Crippen molar-refractivity contribution in [2.75, 3.05) is 17.6 Å². The molecule has 2 nitrogen and oxygen atoms in total. The fourth-order valence-electron chi connectivity index (χ4n) is 1.45. The van der Waals surface area contributed by atoms with Crippen molar-refractivity contribution in [1.82, 2.24) is 0 Å². The summed E-state index contributed by atoms with van der Waals surface area (Å²) in [5.41, 5.74) is 9.29. The number of benzene rings is 1. The van der Waals surface area contributed by atoms with Crippen molar-refractivity contribution in [3.63, 3.8) is 0 Å². The molecule has 0 saturated carbocycles. The van der Waals surface area contributed by atoms with Gasteiger partial charge in [0.2, 0.25) is 0 Å². The van der Waals surface area contributed by atoms with Crippen molar-refractivity contribution in [3.05, 3.63) is 23.8 Å². The quantitative estimate of drug-likeness (QED) is 0.763. The van der Waals surface area contributed by atoms with Crippen LogP contribution in [0.4, 0.5) is 11.4 Å². The maximum atomic E-state index is 5.72. The van der Waals surface area contributed by atoms with E-state index in [1.165, 1.54) is 11.3 Å². The van der Waals surface area contributed by atoms with Crippen LogP contribution in [-0.2, 0) is 0 Å². The maximum Gasteiger partial charge on any atom is 0.0371 e. The molecule has 1 unspecified atom stereocenters. The van der Waals surface area contributed by atoms with Crippen LogP contribution in [0.5, 0.6) is 0 Å². The predicted octanol–water partition coefficient (Wildman–Crippen LogP) is 3.67. The number of nitrogens with one attached hydrogen (secondary N) is 1. The number of rotatable bonds is 3. The predicted molar refractivity (Wildman–Crippen MR) is 72.7 cm³/mol. The molecule has 0 amide bonds. The van der Waals surface area contributed by atoms with Gasteiger partial charge in [0, 0.05) is 17.9 Å². The van der Waals surface area contributed by atoms with E-state index in [-0.39, 0.29) is 0 Å². The molecule has 1 aromatic rings. The van der Waals surface area contributed by atoms with E-state index in [2.05, 4.69) is 46.0 Å². The van der Waals surface area contributed by atoms with Crippen LogP contribution in [0.3, 0.4) is 0 Å². The van der Waals surface area contributed by atoms with Crippen LogP contribution in [0, 0.1) is 18.3 Å². The topological polar surface area (TPSA) is 38.0 Å². The number of nitrogen functional groups attached to an aromatic ring is 1. The van der Waals surface area contributed by atoms with E-state index < -0.39 is 0 Å². The van der Waals surface area contributed by atoms with E-state index in [9.17, 15) is 0 Å². The van der Waals surface area contributed by atoms with E-state index in [0.717, 1.165) is 12.2 Å². The first-order valence-corrected chi connectivity index (χ1v) is 5.90. The molecule has 90 valence electrons. The Labute approximate surface area is 99.2 Å². The summed E-state index contributed by atoms with van der Waals surface area (Å²) in [5, 5.41) is 3.49. The normalized spacial score (nSPS) is 13.6. The molecule has 0 fully saturated rings. The minimum Gasteiger partial charge on any atom is -0.399 e. The first-order chi connectivity index (χ1) is 7.30. The number of hydrogen-bond acceptors (Lipinski definition) is 2. The summed E-state index contributed by atoms with van der Waals surface area (Å²) in [6.07, 6.45) is 0. The Morgan fingerprint density at radius 2 is 1.94 bits per heavy atom. The van der Waals surface area contributed by atoms with E-state index in [0.29, 0.717) is 11.3 Å². The fourth-order valence-corrected chi connectivity index (χ4v) is 1.45. The van der Waals surface area contributed by atoms with E-state index in [1.807, 2.05) is 12.1 Å². The number of nitrogens with two attached hydrogens (primary N) is 1. The van der Waals surface area contributed by atoms with Crippen molar-refractivity contribution >= 4 is 11.4 Å². The maximum absolute atomic E-state index is 5.72. The Balaban J connectivity index is 2.62. The zero-order valence-electron chi connectivity index (χ0n) is 11.1. The Hall–Kier alpha value is -1.18. The highest BCUT2D eigenvalue weighted by atomic mass is 14.9. The van der Waals surface area contributed by atoms with Crippen LogP contribution in [0.2, 0.25) is 0 Å². The van der Waals surface area contributed by atoms with Gasteiger partial charge in [-0.05, 0) is 42.0 Å². The summed E-state index contributed by atoms with van der Waals surface area (Å²) in [6, 6.07) is 6.00. The lowest BCUT2D eigenvalue weighted by Crippen LogP contribution is -2.25. The zero-order chi connectivity index (χ0) is 12.3. The summed E-state index contributed by atoms with van der Waals surface area (Å²) >= 11 is 0. The van der Waals surface area contributed by atoms with Crippen molar-refractivity contribution in [3.8, 4) is 0 Å². The number of anilines is 2. The Kier molecular flexibility index (Phi) is 3.84. The summed E-state index contributed by atoms with van der Waals surface area (Å²) in [6.45, 7) is 12.2. The summed E-state index contributed by atoms with van der Waals surface area (Å²) in [5.74, 6) is 0.629. The molecule has 2 heteroatoms. The molecule has 0 aliphatic carbocycles. The summed E-state index contributed by atoms with van der Waals surface area (Å²) < 4.78 is 0. The van der Waals surface area contributed by atoms with Crippen molar-refractivity contribution in [2.45, 2.75) is 34.6 Å². The third kappa shape index (κ3) is 3.44. The second kappa shape index (κ2) is 4.77.